The van der Waals surface area contributed by atoms with E-state index in [0.29, 0.717) is 29.8 Å². The molecule has 1 aliphatic carbocycles. The largest absolute Gasteiger partial charge is 0.493 e. The standard InChI is InChI=1S/C21H32N4O4S/c1-27-17-13-15(14-18(28-2)19(17)29-3)20-23-24-21(30-12-10-22-9-11-26)25(20)16-7-5-4-6-8-16/h13-14,16,22,26H,4-12H2,1-3H3. The molecule has 1 heterocycles. The summed E-state index contributed by atoms with van der Waals surface area (Å²) in [5.74, 6) is 3.46. The van der Waals surface area contributed by atoms with Crippen LogP contribution < -0.4 is 19.5 Å². The van der Waals surface area contributed by atoms with Crippen molar-refractivity contribution in [1.82, 2.24) is 20.1 Å². The van der Waals surface area contributed by atoms with E-state index in [1.54, 1.807) is 33.1 Å². The Kier molecular flexibility index (Phi) is 8.65. The molecule has 0 atom stereocenters. The van der Waals surface area contributed by atoms with Gasteiger partial charge in [0.1, 0.15) is 0 Å². The van der Waals surface area contributed by atoms with Gasteiger partial charge in [0.15, 0.2) is 22.5 Å². The zero-order chi connectivity index (χ0) is 21.3. The summed E-state index contributed by atoms with van der Waals surface area (Å²) in [7, 11) is 4.84. The minimum atomic E-state index is 0.147. The zero-order valence-electron chi connectivity index (χ0n) is 18.0. The minimum absolute atomic E-state index is 0.147. The second kappa shape index (κ2) is 11.4. The van der Waals surface area contributed by atoms with Crippen molar-refractivity contribution in [3.05, 3.63) is 12.1 Å². The van der Waals surface area contributed by atoms with Crippen LogP contribution in [0.25, 0.3) is 11.4 Å². The normalized spacial score (nSPS) is 14.7. The Balaban J connectivity index is 1.95. The van der Waals surface area contributed by atoms with Crippen molar-refractivity contribution in [2.75, 3.05) is 46.8 Å². The van der Waals surface area contributed by atoms with Gasteiger partial charge in [0.25, 0.3) is 0 Å². The molecule has 2 aromatic rings. The number of hydrogen-bond donors (Lipinski definition) is 2. The number of rotatable bonds is 11. The third kappa shape index (κ3) is 5.19. The molecule has 3 rings (SSSR count). The first kappa shape index (κ1) is 22.7. The number of nitrogens with zero attached hydrogens (tertiary/aromatic N) is 3. The van der Waals surface area contributed by atoms with Crippen LogP contribution in [-0.4, -0.2) is 66.6 Å². The number of thioether (sulfide) groups is 1. The second-order valence-electron chi connectivity index (χ2n) is 7.20. The molecule has 1 fully saturated rings. The Hall–Kier alpha value is -1.97. The molecule has 0 bridgehead atoms. The van der Waals surface area contributed by atoms with Gasteiger partial charge in [0.2, 0.25) is 5.75 Å². The van der Waals surface area contributed by atoms with Crippen molar-refractivity contribution in [1.29, 1.82) is 0 Å². The van der Waals surface area contributed by atoms with Gasteiger partial charge in [-0.15, -0.1) is 10.2 Å². The number of methoxy groups -OCH3 is 3. The molecule has 8 nitrogen and oxygen atoms in total. The highest BCUT2D eigenvalue weighted by molar-refractivity contribution is 7.99. The van der Waals surface area contributed by atoms with Gasteiger partial charge in [-0.3, -0.25) is 4.57 Å². The Bertz CT molecular complexity index is 783. The molecule has 166 valence electrons. The van der Waals surface area contributed by atoms with Crippen molar-refractivity contribution in [2.45, 2.75) is 43.3 Å². The molecule has 1 aromatic heterocycles. The summed E-state index contributed by atoms with van der Waals surface area (Å²) < 4.78 is 18.8. The number of aliphatic hydroxyl groups is 1. The van der Waals surface area contributed by atoms with E-state index >= 15 is 0 Å². The van der Waals surface area contributed by atoms with Gasteiger partial charge in [-0.25, -0.2) is 0 Å². The third-order valence-corrected chi connectivity index (χ3v) is 6.27. The Morgan fingerprint density at radius 3 is 2.33 bits per heavy atom. The minimum Gasteiger partial charge on any atom is -0.493 e. The molecule has 1 aromatic carbocycles. The molecule has 30 heavy (non-hydrogen) atoms. The molecular formula is C21H32N4O4S. The number of hydrogen-bond acceptors (Lipinski definition) is 8. The van der Waals surface area contributed by atoms with Gasteiger partial charge in [-0.1, -0.05) is 31.0 Å². The van der Waals surface area contributed by atoms with E-state index in [2.05, 4.69) is 20.1 Å². The van der Waals surface area contributed by atoms with E-state index < -0.39 is 0 Å². The molecule has 0 radical (unpaired) electrons. The first-order valence-corrected chi connectivity index (χ1v) is 11.4. The van der Waals surface area contributed by atoms with Crippen LogP contribution in [0.4, 0.5) is 0 Å². The van der Waals surface area contributed by atoms with E-state index in [1.165, 1.54) is 19.3 Å². The molecule has 0 unspecified atom stereocenters. The average Bonchev–Trinajstić information content (AvgIpc) is 3.22. The Morgan fingerprint density at radius 2 is 1.73 bits per heavy atom. The maximum Gasteiger partial charge on any atom is 0.203 e. The van der Waals surface area contributed by atoms with Crippen LogP contribution in [0.1, 0.15) is 38.1 Å². The van der Waals surface area contributed by atoms with Crippen LogP contribution in [0.3, 0.4) is 0 Å². The average molecular weight is 437 g/mol. The van der Waals surface area contributed by atoms with Crippen LogP contribution in [0.5, 0.6) is 17.2 Å². The first-order valence-electron chi connectivity index (χ1n) is 10.4. The fourth-order valence-corrected chi connectivity index (χ4v) is 4.77. The Labute approximate surface area is 182 Å². The van der Waals surface area contributed by atoms with Crippen molar-refractivity contribution in [3.8, 4) is 28.6 Å². The van der Waals surface area contributed by atoms with E-state index in [1.807, 2.05) is 12.1 Å². The van der Waals surface area contributed by atoms with Crippen molar-refractivity contribution in [3.63, 3.8) is 0 Å². The van der Waals surface area contributed by atoms with Crippen LogP contribution >= 0.6 is 11.8 Å². The van der Waals surface area contributed by atoms with Crippen LogP contribution in [0.15, 0.2) is 17.3 Å². The highest BCUT2D eigenvalue weighted by Gasteiger charge is 2.25. The molecule has 0 saturated heterocycles. The van der Waals surface area contributed by atoms with Crippen molar-refractivity contribution >= 4 is 11.8 Å². The predicted octanol–water partition coefficient (Wildman–Crippen LogP) is 3.15. The molecule has 0 amide bonds. The lowest BCUT2D eigenvalue weighted by molar-refractivity contribution is 0.294. The summed E-state index contributed by atoms with van der Waals surface area (Å²) in [6.45, 7) is 1.56. The summed E-state index contributed by atoms with van der Waals surface area (Å²) in [6.07, 6.45) is 5.99. The second-order valence-corrected chi connectivity index (χ2v) is 8.27. The fourth-order valence-electron chi connectivity index (χ4n) is 3.87. The molecule has 2 N–H and O–H groups in total. The van der Waals surface area contributed by atoms with Crippen molar-refractivity contribution < 1.29 is 19.3 Å². The smallest absolute Gasteiger partial charge is 0.203 e. The summed E-state index contributed by atoms with van der Waals surface area (Å²) in [5, 5.41) is 22.1. The fraction of sp³-hybridized carbons (Fsp3) is 0.619. The maximum absolute atomic E-state index is 8.92. The van der Waals surface area contributed by atoms with E-state index in [4.69, 9.17) is 19.3 Å². The Morgan fingerprint density at radius 1 is 1.03 bits per heavy atom. The number of benzene rings is 1. The van der Waals surface area contributed by atoms with Crippen LogP contribution in [-0.2, 0) is 0 Å². The number of nitrogens with one attached hydrogen (secondary N) is 1. The summed E-state index contributed by atoms with van der Waals surface area (Å²) in [6, 6.07) is 4.25. The first-order chi connectivity index (χ1) is 14.7. The monoisotopic (exact) mass is 436 g/mol. The quantitative estimate of drug-likeness (QED) is 0.410. The van der Waals surface area contributed by atoms with E-state index in [-0.39, 0.29) is 6.61 Å². The van der Waals surface area contributed by atoms with Gasteiger partial charge in [-0.2, -0.15) is 0 Å². The maximum atomic E-state index is 8.92. The highest BCUT2D eigenvalue weighted by atomic mass is 32.2. The molecule has 9 heteroatoms. The topological polar surface area (TPSA) is 90.7 Å². The lowest BCUT2D eigenvalue weighted by atomic mass is 9.95. The van der Waals surface area contributed by atoms with Gasteiger partial charge in [0, 0.05) is 30.4 Å². The van der Waals surface area contributed by atoms with Gasteiger partial charge in [0.05, 0.1) is 27.9 Å². The molecule has 0 spiro atoms. The third-order valence-electron chi connectivity index (χ3n) is 5.33. The van der Waals surface area contributed by atoms with Gasteiger partial charge < -0.3 is 24.6 Å². The number of ether oxygens (including phenoxy) is 3. The summed E-state index contributed by atoms with van der Waals surface area (Å²) in [4.78, 5) is 0. The molecule has 1 saturated carbocycles. The molecular weight excluding hydrogens is 404 g/mol. The summed E-state index contributed by atoms with van der Waals surface area (Å²) in [5.41, 5.74) is 0.896. The summed E-state index contributed by atoms with van der Waals surface area (Å²) >= 11 is 1.69. The van der Waals surface area contributed by atoms with E-state index in [9.17, 15) is 0 Å². The predicted molar refractivity (Wildman–Crippen MR) is 118 cm³/mol. The van der Waals surface area contributed by atoms with Crippen molar-refractivity contribution in [2.24, 2.45) is 0 Å². The van der Waals surface area contributed by atoms with Crippen LogP contribution in [0.2, 0.25) is 0 Å². The van der Waals surface area contributed by atoms with E-state index in [0.717, 1.165) is 41.7 Å². The highest BCUT2D eigenvalue weighted by Crippen LogP contribution is 2.42. The SMILES string of the molecule is COc1cc(-c2nnc(SCCNCCO)n2C2CCCCC2)cc(OC)c1OC. The van der Waals surface area contributed by atoms with Crippen LogP contribution in [0, 0.1) is 0 Å². The number of aromatic nitrogens is 3. The lowest BCUT2D eigenvalue weighted by Crippen LogP contribution is -2.21. The zero-order valence-corrected chi connectivity index (χ0v) is 18.8. The molecule has 1 aliphatic rings. The van der Waals surface area contributed by atoms with Gasteiger partial charge >= 0.3 is 0 Å². The van der Waals surface area contributed by atoms with Gasteiger partial charge in [-0.05, 0) is 25.0 Å². The number of aliphatic hydroxyl groups excluding tert-OH is 1. The molecule has 0 aliphatic heterocycles. The lowest BCUT2D eigenvalue weighted by Gasteiger charge is -2.26.